The van der Waals surface area contributed by atoms with Gasteiger partial charge in [0.2, 0.25) is 0 Å². The first-order valence-corrected chi connectivity index (χ1v) is 12.0. The Morgan fingerprint density at radius 3 is 2.59 bits per heavy atom. The van der Waals surface area contributed by atoms with E-state index in [0.29, 0.717) is 13.0 Å². The van der Waals surface area contributed by atoms with E-state index in [4.69, 9.17) is 10.00 Å². The van der Waals surface area contributed by atoms with Crippen molar-refractivity contribution in [3.05, 3.63) is 65.7 Å². The molecule has 6 nitrogen and oxygen atoms in total. The Morgan fingerprint density at radius 2 is 1.79 bits per heavy atom. The van der Waals surface area contributed by atoms with Gasteiger partial charge in [-0.2, -0.15) is 5.26 Å². The Hall–Kier alpha value is -3.56. The number of carbonyl (C=O) groups is 1. The van der Waals surface area contributed by atoms with Crippen LogP contribution in [-0.2, 0) is 6.54 Å². The van der Waals surface area contributed by atoms with Crippen LogP contribution in [-0.4, -0.2) is 50.6 Å². The largest absolute Gasteiger partial charge is 0.497 e. The second-order valence-electron chi connectivity index (χ2n) is 9.02. The van der Waals surface area contributed by atoms with E-state index in [1.165, 1.54) is 5.69 Å². The van der Waals surface area contributed by atoms with Gasteiger partial charge in [-0.25, -0.2) is 0 Å². The average molecular weight is 455 g/mol. The van der Waals surface area contributed by atoms with Gasteiger partial charge in [0.15, 0.2) is 0 Å². The minimum Gasteiger partial charge on any atom is -0.497 e. The molecule has 3 aromatic rings. The van der Waals surface area contributed by atoms with Crippen LogP contribution in [0, 0.1) is 11.3 Å². The van der Waals surface area contributed by atoms with Gasteiger partial charge in [0.05, 0.1) is 25.4 Å². The molecule has 2 aliphatic rings. The summed E-state index contributed by atoms with van der Waals surface area (Å²) in [5, 5.41) is 11.0. The Bertz CT molecular complexity index is 1230. The molecule has 174 valence electrons. The molecule has 0 unspecified atom stereocenters. The first-order valence-electron chi connectivity index (χ1n) is 12.0. The van der Waals surface area contributed by atoms with Crippen LogP contribution in [0.4, 0.5) is 11.4 Å². The highest BCUT2D eigenvalue weighted by atomic mass is 16.5. The van der Waals surface area contributed by atoms with E-state index in [9.17, 15) is 4.79 Å². The molecule has 1 amide bonds. The van der Waals surface area contributed by atoms with Crippen molar-refractivity contribution in [2.45, 2.75) is 25.8 Å². The lowest BCUT2D eigenvalue weighted by Crippen LogP contribution is -2.31. The summed E-state index contributed by atoms with van der Waals surface area (Å²) in [4.78, 5) is 20.2. The second-order valence-corrected chi connectivity index (χ2v) is 9.02. The maximum Gasteiger partial charge on any atom is 0.259 e. The van der Waals surface area contributed by atoms with E-state index < -0.39 is 0 Å². The summed E-state index contributed by atoms with van der Waals surface area (Å²) in [5.74, 6) is 0.876. The summed E-state index contributed by atoms with van der Waals surface area (Å²) in [6.07, 6.45) is 2.65. The molecule has 2 heterocycles. The van der Waals surface area contributed by atoms with Crippen molar-refractivity contribution in [2.24, 2.45) is 0 Å². The molecule has 2 aliphatic heterocycles. The van der Waals surface area contributed by atoms with Crippen LogP contribution >= 0.6 is 0 Å². The van der Waals surface area contributed by atoms with Crippen LogP contribution in [0.15, 0.2) is 54.6 Å². The van der Waals surface area contributed by atoms with Gasteiger partial charge in [-0.15, -0.1) is 0 Å². The first-order chi connectivity index (χ1) is 16.7. The van der Waals surface area contributed by atoms with Gasteiger partial charge in [0, 0.05) is 48.1 Å². The van der Waals surface area contributed by atoms with Crippen molar-refractivity contribution < 1.29 is 9.53 Å². The van der Waals surface area contributed by atoms with Gasteiger partial charge in [-0.1, -0.05) is 24.3 Å². The molecule has 1 fully saturated rings. The number of nitrogens with zero attached hydrogens (tertiary/aromatic N) is 4. The predicted octanol–water partition coefficient (Wildman–Crippen LogP) is 4.82. The molecule has 0 radical (unpaired) electrons. The molecule has 0 bridgehead atoms. The number of methoxy groups -OCH3 is 1. The third-order valence-electron chi connectivity index (χ3n) is 6.95. The summed E-state index contributed by atoms with van der Waals surface area (Å²) in [7, 11) is 1.66. The number of benzene rings is 3. The lowest BCUT2D eigenvalue weighted by Gasteiger charge is -2.26. The van der Waals surface area contributed by atoms with Crippen LogP contribution < -0.4 is 14.5 Å². The third kappa shape index (κ3) is 4.20. The zero-order valence-electron chi connectivity index (χ0n) is 19.7. The van der Waals surface area contributed by atoms with Gasteiger partial charge >= 0.3 is 0 Å². The number of nitriles is 1. The van der Waals surface area contributed by atoms with Gasteiger partial charge in [-0.3, -0.25) is 4.79 Å². The SMILES string of the molecule is COc1ccc(CN2C(=O)c3cccc4c(N5CCCN(CCCC#N)CC5)ccc2c34)cc1. The monoisotopic (exact) mass is 454 g/mol. The van der Waals surface area contributed by atoms with E-state index >= 15 is 0 Å². The van der Waals surface area contributed by atoms with Crippen LogP contribution in [0.5, 0.6) is 5.75 Å². The smallest absolute Gasteiger partial charge is 0.259 e. The first kappa shape index (κ1) is 22.2. The maximum absolute atomic E-state index is 13.4. The summed E-state index contributed by atoms with van der Waals surface area (Å²) in [6.45, 7) is 5.53. The van der Waals surface area contributed by atoms with Gasteiger partial charge in [0.25, 0.3) is 5.91 Å². The van der Waals surface area contributed by atoms with Crippen molar-refractivity contribution in [1.82, 2.24) is 4.90 Å². The topological polar surface area (TPSA) is 59.8 Å². The van der Waals surface area contributed by atoms with Gasteiger partial charge in [0.1, 0.15) is 5.75 Å². The molecule has 34 heavy (non-hydrogen) atoms. The van der Waals surface area contributed by atoms with E-state index in [1.54, 1.807) is 7.11 Å². The normalized spacial score (nSPS) is 16.1. The average Bonchev–Trinajstić information content (AvgIpc) is 3.01. The number of anilines is 2. The molecule has 0 saturated carbocycles. The molecular weight excluding hydrogens is 424 g/mol. The number of hydrogen-bond acceptors (Lipinski definition) is 5. The van der Waals surface area contributed by atoms with E-state index in [1.807, 2.05) is 41.3 Å². The highest BCUT2D eigenvalue weighted by Crippen LogP contribution is 2.42. The molecule has 0 spiro atoms. The number of rotatable bonds is 7. The van der Waals surface area contributed by atoms with Gasteiger partial charge < -0.3 is 19.4 Å². The highest BCUT2D eigenvalue weighted by molar-refractivity contribution is 6.26. The summed E-state index contributed by atoms with van der Waals surface area (Å²) in [6, 6.07) is 20.6. The molecule has 0 N–H and O–H groups in total. The third-order valence-corrected chi connectivity index (χ3v) is 6.95. The highest BCUT2D eigenvalue weighted by Gasteiger charge is 2.31. The van der Waals surface area contributed by atoms with Crippen molar-refractivity contribution in [1.29, 1.82) is 5.26 Å². The number of carbonyl (C=O) groups excluding carboxylic acids is 1. The minimum atomic E-state index is 0.0631. The molecule has 6 heteroatoms. The molecule has 0 atom stereocenters. The fraction of sp³-hybridized carbons (Fsp3) is 0.357. The zero-order chi connectivity index (χ0) is 23.5. The van der Waals surface area contributed by atoms with E-state index in [2.05, 4.69) is 34.1 Å². The molecule has 3 aromatic carbocycles. The van der Waals surface area contributed by atoms with Crippen LogP contribution in [0.1, 0.15) is 35.2 Å². The summed E-state index contributed by atoms with van der Waals surface area (Å²) in [5.41, 5.74) is 4.06. The Kier molecular flexibility index (Phi) is 6.37. The fourth-order valence-electron chi connectivity index (χ4n) is 5.19. The fourth-order valence-corrected chi connectivity index (χ4v) is 5.19. The molecule has 5 rings (SSSR count). The van der Waals surface area contributed by atoms with Crippen LogP contribution in [0.25, 0.3) is 10.8 Å². The summed E-state index contributed by atoms with van der Waals surface area (Å²) < 4.78 is 5.27. The van der Waals surface area contributed by atoms with Gasteiger partial charge in [-0.05, 0) is 61.8 Å². The van der Waals surface area contributed by atoms with Crippen molar-refractivity contribution >= 4 is 28.1 Å². The van der Waals surface area contributed by atoms with Crippen molar-refractivity contribution in [2.75, 3.05) is 49.6 Å². The predicted molar refractivity (Wildman–Crippen MR) is 136 cm³/mol. The number of amides is 1. The number of hydrogen-bond donors (Lipinski definition) is 0. The lowest BCUT2D eigenvalue weighted by molar-refractivity contribution is 0.0991. The molecule has 0 aliphatic carbocycles. The Morgan fingerprint density at radius 1 is 0.971 bits per heavy atom. The Labute approximate surface area is 200 Å². The van der Waals surface area contributed by atoms with E-state index in [0.717, 1.165) is 78.9 Å². The van der Waals surface area contributed by atoms with Crippen molar-refractivity contribution in [3.8, 4) is 11.8 Å². The molecular formula is C28H30N4O2. The quantitative estimate of drug-likeness (QED) is 0.479. The standard InChI is InChI=1S/C28H30N4O2/c1-34-22-10-8-21(9-11-22)20-32-26-13-12-25(23-6-4-7-24(27(23)26)28(32)33)31-17-5-16-30(18-19-31)15-3-2-14-29/h4,6-13H,2-3,5,15-20H2,1H3. The van der Waals surface area contributed by atoms with Crippen LogP contribution in [0.3, 0.4) is 0 Å². The number of unbranched alkanes of at least 4 members (excludes halogenated alkanes) is 1. The minimum absolute atomic E-state index is 0.0631. The Balaban J connectivity index is 1.41. The molecule has 1 saturated heterocycles. The molecule has 0 aromatic heterocycles. The maximum atomic E-state index is 13.4. The van der Waals surface area contributed by atoms with Crippen molar-refractivity contribution in [3.63, 3.8) is 0 Å². The number of ether oxygens (including phenoxy) is 1. The zero-order valence-corrected chi connectivity index (χ0v) is 19.7. The summed E-state index contributed by atoms with van der Waals surface area (Å²) >= 11 is 0. The van der Waals surface area contributed by atoms with E-state index in [-0.39, 0.29) is 5.91 Å². The lowest BCUT2D eigenvalue weighted by atomic mass is 10.0. The van der Waals surface area contributed by atoms with Crippen LogP contribution in [0.2, 0.25) is 0 Å². The second kappa shape index (κ2) is 9.74.